The molecule has 2 aliphatic rings. The molecule has 2 N–H and O–H groups in total. The molecule has 1 atom stereocenters. The summed E-state index contributed by atoms with van der Waals surface area (Å²) in [6.45, 7) is 9.64. The van der Waals surface area contributed by atoms with Gasteiger partial charge in [-0.3, -0.25) is 0 Å². The van der Waals surface area contributed by atoms with Gasteiger partial charge in [-0.1, -0.05) is 33.1 Å². The second-order valence-corrected chi connectivity index (χ2v) is 8.07. The number of hydrogen-bond acceptors (Lipinski definition) is 3. The van der Waals surface area contributed by atoms with Gasteiger partial charge in [0.1, 0.15) is 26.2 Å². The highest BCUT2D eigenvalue weighted by Gasteiger charge is 2.35. The highest BCUT2D eigenvalue weighted by atomic mass is 15.6. The van der Waals surface area contributed by atoms with Gasteiger partial charge in [-0.2, -0.15) is 0 Å². The largest absolute Gasteiger partial charge is 0.328 e. The summed E-state index contributed by atoms with van der Waals surface area (Å²) in [4.78, 5) is 3.35. The molecule has 0 amide bonds. The van der Waals surface area contributed by atoms with E-state index in [1.165, 1.54) is 64.7 Å². The SMILES string of the molecule is CC(C)C[C@@H](c1nnnn1C1CCCCC1)[NH+]1CC[NH+](C)CC1. The van der Waals surface area contributed by atoms with Crippen molar-refractivity contribution in [3.63, 3.8) is 0 Å². The molecule has 1 aromatic rings. The number of nitrogens with one attached hydrogen (secondary N) is 2. The van der Waals surface area contributed by atoms with Crippen molar-refractivity contribution in [3.05, 3.63) is 5.82 Å². The van der Waals surface area contributed by atoms with Crippen LogP contribution in [0, 0.1) is 5.92 Å². The van der Waals surface area contributed by atoms with Crippen LogP contribution in [-0.4, -0.2) is 53.4 Å². The van der Waals surface area contributed by atoms with Gasteiger partial charge in [-0.25, -0.2) is 4.68 Å². The Kier molecular flexibility index (Phi) is 5.64. The molecule has 3 rings (SSSR count). The molecular weight excluding hydrogens is 288 g/mol. The van der Waals surface area contributed by atoms with Crippen LogP contribution in [0.25, 0.3) is 0 Å². The van der Waals surface area contributed by atoms with Crippen LogP contribution >= 0.6 is 0 Å². The zero-order chi connectivity index (χ0) is 16.2. The average molecular weight is 323 g/mol. The van der Waals surface area contributed by atoms with Crippen LogP contribution in [0.3, 0.4) is 0 Å². The Morgan fingerprint density at radius 1 is 1.09 bits per heavy atom. The molecular formula is C17H34N6+2. The van der Waals surface area contributed by atoms with E-state index in [2.05, 4.69) is 41.1 Å². The standard InChI is InChI=1S/C17H32N6/c1-14(2)13-16(22-11-9-21(3)10-12-22)17-18-19-20-23(17)15-7-5-4-6-8-15/h14-16H,4-13H2,1-3H3/p+2/t16-/m0/s1. The Hall–Kier alpha value is -1.01. The lowest BCUT2D eigenvalue weighted by molar-refractivity contribution is -1.02. The molecule has 1 aliphatic carbocycles. The first-order valence-corrected chi connectivity index (χ1v) is 9.58. The van der Waals surface area contributed by atoms with Crippen molar-refractivity contribution in [1.82, 2.24) is 20.2 Å². The molecule has 0 aromatic carbocycles. The smallest absolute Gasteiger partial charge is 0.209 e. The number of rotatable bonds is 5. The Morgan fingerprint density at radius 2 is 1.78 bits per heavy atom. The number of tetrazole rings is 1. The fourth-order valence-electron chi connectivity index (χ4n) is 4.29. The fraction of sp³-hybridized carbons (Fsp3) is 0.941. The van der Waals surface area contributed by atoms with Crippen LogP contribution in [0.2, 0.25) is 0 Å². The van der Waals surface area contributed by atoms with E-state index in [1.807, 2.05) is 0 Å². The van der Waals surface area contributed by atoms with E-state index >= 15 is 0 Å². The van der Waals surface area contributed by atoms with E-state index in [-0.39, 0.29) is 0 Å². The van der Waals surface area contributed by atoms with Crippen LogP contribution in [0.4, 0.5) is 0 Å². The molecule has 6 nitrogen and oxygen atoms in total. The van der Waals surface area contributed by atoms with Gasteiger partial charge in [0.2, 0.25) is 5.82 Å². The number of hydrogen-bond donors (Lipinski definition) is 2. The normalized spacial score (nSPS) is 28.2. The van der Waals surface area contributed by atoms with Gasteiger partial charge >= 0.3 is 0 Å². The van der Waals surface area contributed by atoms with Gasteiger partial charge < -0.3 is 9.80 Å². The summed E-state index contributed by atoms with van der Waals surface area (Å²) >= 11 is 0. The maximum Gasteiger partial charge on any atom is 0.209 e. The van der Waals surface area contributed by atoms with E-state index in [0.717, 1.165) is 5.82 Å². The highest BCUT2D eigenvalue weighted by Crippen LogP contribution is 2.29. The molecule has 130 valence electrons. The van der Waals surface area contributed by atoms with Gasteiger partial charge in [-0.05, 0) is 29.2 Å². The van der Waals surface area contributed by atoms with Gasteiger partial charge in [0.25, 0.3) is 0 Å². The second kappa shape index (κ2) is 7.71. The van der Waals surface area contributed by atoms with Gasteiger partial charge in [-0.15, -0.1) is 5.10 Å². The van der Waals surface area contributed by atoms with Gasteiger partial charge in [0, 0.05) is 6.42 Å². The summed E-state index contributed by atoms with van der Waals surface area (Å²) in [7, 11) is 2.31. The Morgan fingerprint density at radius 3 is 2.43 bits per heavy atom. The van der Waals surface area contributed by atoms with Crippen LogP contribution in [0.15, 0.2) is 0 Å². The first-order valence-electron chi connectivity index (χ1n) is 9.58. The number of aromatic nitrogens is 4. The first-order chi connectivity index (χ1) is 11.1. The van der Waals surface area contributed by atoms with Crippen molar-refractivity contribution in [2.75, 3.05) is 33.2 Å². The van der Waals surface area contributed by atoms with E-state index in [9.17, 15) is 0 Å². The van der Waals surface area contributed by atoms with E-state index in [1.54, 1.807) is 9.80 Å². The third kappa shape index (κ3) is 4.10. The maximum absolute atomic E-state index is 4.51. The molecule has 0 spiro atoms. The lowest BCUT2D eigenvalue weighted by Gasteiger charge is -2.34. The molecule has 1 saturated carbocycles. The first kappa shape index (κ1) is 16.8. The highest BCUT2D eigenvalue weighted by molar-refractivity contribution is 4.91. The van der Waals surface area contributed by atoms with Crippen molar-refractivity contribution in [2.24, 2.45) is 5.92 Å². The summed E-state index contributed by atoms with van der Waals surface area (Å²) in [5, 5.41) is 13.0. The van der Waals surface area contributed by atoms with E-state index in [0.29, 0.717) is 18.0 Å². The van der Waals surface area contributed by atoms with Crippen molar-refractivity contribution in [2.45, 2.75) is 64.5 Å². The summed E-state index contributed by atoms with van der Waals surface area (Å²) < 4.78 is 2.20. The zero-order valence-corrected chi connectivity index (χ0v) is 15.1. The molecule has 1 aromatic heterocycles. The van der Waals surface area contributed by atoms with Crippen LogP contribution in [0.1, 0.15) is 70.3 Å². The van der Waals surface area contributed by atoms with Crippen LogP contribution in [-0.2, 0) is 0 Å². The predicted molar refractivity (Wildman–Crippen MR) is 89.5 cm³/mol. The second-order valence-electron chi connectivity index (χ2n) is 8.07. The number of quaternary nitrogens is 2. The number of piperazine rings is 1. The molecule has 0 bridgehead atoms. The lowest BCUT2D eigenvalue weighted by atomic mass is 9.94. The Labute approximate surface area is 140 Å². The van der Waals surface area contributed by atoms with Crippen LogP contribution < -0.4 is 9.80 Å². The third-order valence-electron chi connectivity index (χ3n) is 5.70. The molecule has 23 heavy (non-hydrogen) atoms. The zero-order valence-electron chi connectivity index (χ0n) is 15.1. The van der Waals surface area contributed by atoms with Crippen molar-refractivity contribution in [1.29, 1.82) is 0 Å². The quantitative estimate of drug-likeness (QED) is 0.781. The van der Waals surface area contributed by atoms with Crippen molar-refractivity contribution in [3.8, 4) is 0 Å². The van der Waals surface area contributed by atoms with Crippen molar-refractivity contribution >= 4 is 0 Å². The number of likely N-dealkylation sites (N-methyl/N-ethyl adjacent to an activating group) is 1. The summed E-state index contributed by atoms with van der Waals surface area (Å²) in [6.07, 6.45) is 7.69. The molecule has 6 heteroatoms. The Balaban J connectivity index is 1.80. The lowest BCUT2D eigenvalue weighted by Crippen LogP contribution is -3.27. The van der Waals surface area contributed by atoms with E-state index < -0.39 is 0 Å². The van der Waals surface area contributed by atoms with E-state index in [4.69, 9.17) is 0 Å². The fourth-order valence-corrected chi connectivity index (χ4v) is 4.29. The van der Waals surface area contributed by atoms with Crippen LogP contribution in [0.5, 0.6) is 0 Å². The predicted octanol–water partition coefficient (Wildman–Crippen LogP) is -0.321. The molecule has 0 radical (unpaired) electrons. The average Bonchev–Trinajstić information content (AvgIpc) is 3.03. The minimum atomic E-state index is 0.458. The minimum absolute atomic E-state index is 0.458. The van der Waals surface area contributed by atoms with Gasteiger partial charge in [0.05, 0.1) is 13.1 Å². The summed E-state index contributed by atoms with van der Waals surface area (Å²) in [6, 6.07) is 0.987. The van der Waals surface area contributed by atoms with Crippen molar-refractivity contribution < 1.29 is 9.80 Å². The molecule has 2 fully saturated rings. The Bertz CT molecular complexity index is 471. The monoisotopic (exact) mass is 322 g/mol. The minimum Gasteiger partial charge on any atom is -0.328 e. The molecule has 1 saturated heterocycles. The molecule has 1 aliphatic heterocycles. The molecule has 2 heterocycles. The maximum atomic E-state index is 4.51. The topological polar surface area (TPSA) is 52.5 Å². The summed E-state index contributed by atoms with van der Waals surface area (Å²) in [5.41, 5.74) is 0. The van der Waals surface area contributed by atoms with Gasteiger partial charge in [0.15, 0.2) is 6.04 Å². The third-order valence-corrected chi connectivity index (χ3v) is 5.70. The summed E-state index contributed by atoms with van der Waals surface area (Å²) in [5.74, 6) is 1.83. The number of nitrogens with zero attached hydrogens (tertiary/aromatic N) is 4. The molecule has 0 unspecified atom stereocenters.